The highest BCUT2D eigenvalue weighted by molar-refractivity contribution is 6.04. The van der Waals surface area contributed by atoms with Gasteiger partial charge in [0, 0.05) is 18.1 Å². The Morgan fingerprint density at radius 2 is 1.63 bits per heavy atom. The molecule has 0 bridgehead atoms. The van der Waals surface area contributed by atoms with Crippen molar-refractivity contribution >= 4 is 23.2 Å². The van der Waals surface area contributed by atoms with Gasteiger partial charge in [-0.05, 0) is 36.4 Å². The Bertz CT molecular complexity index is 964. The highest BCUT2D eigenvalue weighted by Gasteiger charge is 2.16. The summed E-state index contributed by atoms with van der Waals surface area (Å²) in [4.78, 5) is 20.1. The number of ether oxygens (including phenoxy) is 1. The van der Waals surface area contributed by atoms with Gasteiger partial charge in [0.2, 0.25) is 5.95 Å². The summed E-state index contributed by atoms with van der Waals surface area (Å²) in [5.41, 5.74) is 0.232. The van der Waals surface area contributed by atoms with Gasteiger partial charge < -0.3 is 15.4 Å². The third-order valence-electron chi connectivity index (χ3n) is 3.54. The van der Waals surface area contributed by atoms with Crippen LogP contribution in [0.2, 0.25) is 0 Å². The van der Waals surface area contributed by atoms with E-state index in [4.69, 9.17) is 4.74 Å². The van der Waals surface area contributed by atoms with Crippen molar-refractivity contribution in [3.63, 3.8) is 0 Å². The van der Waals surface area contributed by atoms with Crippen molar-refractivity contribution in [1.29, 1.82) is 0 Å². The Morgan fingerprint density at radius 3 is 2.26 bits per heavy atom. The monoisotopic (exact) mass is 374 g/mol. The number of aromatic nitrogens is 2. The van der Waals surface area contributed by atoms with E-state index in [-0.39, 0.29) is 11.5 Å². The number of amides is 1. The van der Waals surface area contributed by atoms with Crippen molar-refractivity contribution in [2.75, 3.05) is 17.7 Å². The lowest BCUT2D eigenvalue weighted by atomic mass is 10.2. The molecule has 1 heterocycles. The van der Waals surface area contributed by atoms with Gasteiger partial charge >= 0.3 is 0 Å². The first-order valence-electron chi connectivity index (χ1n) is 7.66. The molecule has 0 atom stereocenters. The number of rotatable bonds is 5. The van der Waals surface area contributed by atoms with E-state index in [1.807, 2.05) is 0 Å². The molecule has 0 saturated heterocycles. The molecule has 1 amide bonds. The lowest BCUT2D eigenvalue weighted by Crippen LogP contribution is -2.15. The van der Waals surface area contributed by atoms with E-state index in [0.29, 0.717) is 17.5 Å². The lowest BCUT2D eigenvalue weighted by molar-refractivity contribution is 0.102. The largest absolute Gasteiger partial charge is 0.497 e. The van der Waals surface area contributed by atoms with Gasteiger partial charge in [-0.1, -0.05) is 0 Å². The van der Waals surface area contributed by atoms with Crippen molar-refractivity contribution in [1.82, 2.24) is 9.97 Å². The summed E-state index contributed by atoms with van der Waals surface area (Å²) in [6, 6.07) is 8.66. The highest BCUT2D eigenvalue weighted by Crippen LogP contribution is 2.21. The Labute approximate surface area is 152 Å². The Kier molecular flexibility index (Phi) is 5.20. The molecular weight excluding hydrogens is 361 g/mol. The molecule has 9 heteroatoms. The number of anilines is 3. The highest BCUT2D eigenvalue weighted by atomic mass is 19.2. The zero-order valence-corrected chi connectivity index (χ0v) is 14.0. The predicted molar refractivity (Wildman–Crippen MR) is 92.6 cm³/mol. The zero-order valence-electron chi connectivity index (χ0n) is 14.0. The number of benzene rings is 2. The average molecular weight is 374 g/mol. The van der Waals surface area contributed by atoms with Crippen LogP contribution < -0.4 is 15.4 Å². The van der Waals surface area contributed by atoms with Crippen molar-refractivity contribution in [3.8, 4) is 5.75 Å². The minimum Gasteiger partial charge on any atom is -0.497 e. The summed E-state index contributed by atoms with van der Waals surface area (Å²) in [6.45, 7) is 0. The molecule has 3 rings (SSSR count). The number of methoxy groups -OCH3 is 1. The lowest BCUT2D eigenvalue weighted by Gasteiger charge is -2.08. The van der Waals surface area contributed by atoms with Gasteiger partial charge in [0.05, 0.1) is 18.4 Å². The van der Waals surface area contributed by atoms with Crippen LogP contribution in [-0.2, 0) is 0 Å². The van der Waals surface area contributed by atoms with Crippen molar-refractivity contribution in [2.45, 2.75) is 0 Å². The molecule has 0 aliphatic carbocycles. The summed E-state index contributed by atoms with van der Waals surface area (Å²) >= 11 is 0. The van der Waals surface area contributed by atoms with E-state index >= 15 is 0 Å². The fourth-order valence-corrected chi connectivity index (χ4v) is 2.13. The zero-order chi connectivity index (χ0) is 19.4. The van der Waals surface area contributed by atoms with E-state index in [9.17, 15) is 18.0 Å². The minimum absolute atomic E-state index is 0.0133. The molecule has 0 aliphatic heterocycles. The van der Waals surface area contributed by atoms with Crippen molar-refractivity contribution in [2.24, 2.45) is 0 Å². The van der Waals surface area contributed by atoms with Crippen molar-refractivity contribution in [3.05, 3.63) is 71.8 Å². The quantitative estimate of drug-likeness (QED) is 0.663. The van der Waals surface area contributed by atoms with Crippen LogP contribution in [-0.4, -0.2) is 23.0 Å². The smallest absolute Gasteiger partial charge is 0.258 e. The molecule has 3 aromatic rings. The molecule has 6 nitrogen and oxygen atoms in total. The second-order valence-corrected chi connectivity index (χ2v) is 5.33. The number of hydrogen-bond donors (Lipinski definition) is 2. The Balaban J connectivity index is 1.69. The Hall–Kier alpha value is -3.62. The number of carbonyl (C=O) groups is 1. The molecule has 2 N–H and O–H groups in total. The molecular formula is C18H13F3N4O2. The first kappa shape index (κ1) is 18.2. The molecule has 0 radical (unpaired) electrons. The summed E-state index contributed by atoms with van der Waals surface area (Å²) in [5.74, 6) is -4.34. The van der Waals surface area contributed by atoms with Crippen molar-refractivity contribution < 1.29 is 22.7 Å². The number of nitrogens with zero attached hydrogens (tertiary/aromatic N) is 2. The summed E-state index contributed by atoms with van der Waals surface area (Å²) in [5, 5.41) is 5.07. The van der Waals surface area contributed by atoms with Crippen LogP contribution in [0, 0.1) is 17.5 Å². The van der Waals surface area contributed by atoms with Gasteiger partial charge in [0.15, 0.2) is 17.5 Å². The maximum atomic E-state index is 13.6. The molecule has 138 valence electrons. The van der Waals surface area contributed by atoms with Crippen LogP contribution in [0.4, 0.5) is 30.5 Å². The predicted octanol–water partition coefficient (Wildman–Crippen LogP) is 3.90. The maximum absolute atomic E-state index is 13.6. The van der Waals surface area contributed by atoms with Crippen LogP contribution in [0.25, 0.3) is 0 Å². The fourth-order valence-electron chi connectivity index (χ4n) is 2.13. The molecule has 0 spiro atoms. The Morgan fingerprint density at radius 1 is 0.963 bits per heavy atom. The molecule has 2 aromatic carbocycles. The second-order valence-electron chi connectivity index (χ2n) is 5.33. The average Bonchev–Trinajstić information content (AvgIpc) is 2.69. The van der Waals surface area contributed by atoms with Gasteiger partial charge in [-0.15, -0.1) is 0 Å². The van der Waals surface area contributed by atoms with E-state index in [1.165, 1.54) is 12.4 Å². The van der Waals surface area contributed by atoms with E-state index in [2.05, 4.69) is 20.6 Å². The van der Waals surface area contributed by atoms with Gasteiger partial charge in [0.25, 0.3) is 5.91 Å². The fraction of sp³-hybridized carbons (Fsp3) is 0.0556. The third kappa shape index (κ3) is 4.14. The van der Waals surface area contributed by atoms with Crippen LogP contribution in [0.5, 0.6) is 5.75 Å². The summed E-state index contributed by atoms with van der Waals surface area (Å²) in [6.07, 6.45) is 2.43. The van der Waals surface area contributed by atoms with E-state index < -0.39 is 29.0 Å². The number of carbonyl (C=O) groups excluding carboxylic acids is 1. The molecule has 27 heavy (non-hydrogen) atoms. The SMILES string of the molecule is COc1ccc(Nc2ncc(C(=O)Nc3ccc(F)c(F)c3F)cn2)cc1. The molecule has 1 aromatic heterocycles. The third-order valence-corrected chi connectivity index (χ3v) is 3.54. The van der Waals surface area contributed by atoms with Gasteiger partial charge in [0.1, 0.15) is 5.75 Å². The van der Waals surface area contributed by atoms with Crippen LogP contribution in [0.3, 0.4) is 0 Å². The maximum Gasteiger partial charge on any atom is 0.258 e. The van der Waals surface area contributed by atoms with Gasteiger partial charge in [-0.25, -0.2) is 23.1 Å². The summed E-state index contributed by atoms with van der Waals surface area (Å²) < 4.78 is 44.8. The normalized spacial score (nSPS) is 10.4. The first-order valence-corrected chi connectivity index (χ1v) is 7.66. The minimum atomic E-state index is -1.66. The van der Waals surface area contributed by atoms with E-state index in [1.54, 1.807) is 31.4 Å². The van der Waals surface area contributed by atoms with Gasteiger partial charge in [-0.3, -0.25) is 4.79 Å². The summed E-state index contributed by atoms with van der Waals surface area (Å²) in [7, 11) is 1.56. The van der Waals surface area contributed by atoms with Crippen LogP contribution in [0.1, 0.15) is 10.4 Å². The van der Waals surface area contributed by atoms with E-state index in [0.717, 1.165) is 6.07 Å². The molecule has 0 unspecified atom stereocenters. The first-order chi connectivity index (χ1) is 13.0. The molecule has 0 aliphatic rings. The standard InChI is InChI=1S/C18H13F3N4O2/c1-27-12-4-2-11(3-5-12)24-18-22-8-10(9-23-18)17(26)25-14-7-6-13(19)15(20)16(14)21/h2-9H,1H3,(H,25,26)(H,22,23,24). The number of hydrogen-bond acceptors (Lipinski definition) is 5. The topological polar surface area (TPSA) is 76.1 Å². The van der Waals surface area contributed by atoms with Crippen LogP contribution >= 0.6 is 0 Å². The number of nitrogens with one attached hydrogen (secondary N) is 2. The van der Waals surface area contributed by atoms with Gasteiger partial charge in [-0.2, -0.15) is 0 Å². The molecule has 0 fully saturated rings. The molecule has 0 saturated carbocycles. The van der Waals surface area contributed by atoms with Crippen LogP contribution in [0.15, 0.2) is 48.8 Å². The second kappa shape index (κ2) is 7.73. The number of halogens is 3.